The number of ether oxygens (including phenoxy) is 2. The van der Waals surface area contributed by atoms with Crippen LogP contribution in [0.1, 0.15) is 38.0 Å². The number of nitrogens with two attached hydrogens (primary N) is 1. The molecule has 1 atom stereocenters. The summed E-state index contributed by atoms with van der Waals surface area (Å²) in [5, 5.41) is 11.1. The Kier molecular flexibility index (Phi) is 5.08. The zero-order chi connectivity index (χ0) is 17.2. The van der Waals surface area contributed by atoms with Crippen molar-refractivity contribution in [3.63, 3.8) is 0 Å². The first kappa shape index (κ1) is 17.8. The lowest BCUT2D eigenvalue weighted by molar-refractivity contribution is -0.384. The number of esters is 1. The molecule has 0 saturated carbocycles. The zero-order valence-corrected chi connectivity index (χ0v) is 13.1. The third-order valence-corrected chi connectivity index (χ3v) is 2.90. The molecule has 1 aromatic carbocycles. The van der Waals surface area contributed by atoms with Crippen molar-refractivity contribution in [1.82, 2.24) is 0 Å². The molecule has 0 amide bonds. The Morgan fingerprint density at radius 3 is 2.41 bits per heavy atom. The van der Waals surface area contributed by atoms with Gasteiger partial charge in [0.25, 0.3) is 5.69 Å². The van der Waals surface area contributed by atoms with E-state index in [0.717, 1.165) is 13.2 Å². The molecule has 8 heteroatoms. The molecule has 0 aromatic heterocycles. The van der Waals surface area contributed by atoms with Gasteiger partial charge in [-0.05, 0) is 27.7 Å². The molecule has 0 fully saturated rings. The average Bonchev–Trinajstić information content (AvgIpc) is 2.33. The first-order valence-electron chi connectivity index (χ1n) is 6.48. The minimum absolute atomic E-state index is 0.0675. The number of nitro groups is 1. The van der Waals surface area contributed by atoms with Gasteiger partial charge in [-0.15, -0.1) is 0 Å². The Balaban J connectivity index is 3.58. The summed E-state index contributed by atoms with van der Waals surface area (Å²) in [6, 6.07) is 0.808. The molecule has 22 heavy (non-hydrogen) atoms. The Hall–Kier alpha value is -2.22. The van der Waals surface area contributed by atoms with E-state index in [0.29, 0.717) is 0 Å². The molecular weight excluding hydrogens is 295 g/mol. The highest BCUT2D eigenvalue weighted by Crippen LogP contribution is 2.37. The molecule has 0 aliphatic carbocycles. The average molecular weight is 314 g/mol. The van der Waals surface area contributed by atoms with Crippen molar-refractivity contribution in [2.75, 3.05) is 12.8 Å². The van der Waals surface area contributed by atoms with E-state index in [1.165, 1.54) is 6.92 Å². The molecule has 2 N–H and O–H groups in total. The van der Waals surface area contributed by atoms with Crippen molar-refractivity contribution in [2.45, 2.75) is 39.4 Å². The second kappa shape index (κ2) is 6.27. The molecule has 0 aliphatic heterocycles. The van der Waals surface area contributed by atoms with Gasteiger partial charge in [0.1, 0.15) is 11.5 Å². The van der Waals surface area contributed by atoms with Crippen LogP contribution in [0.2, 0.25) is 0 Å². The molecule has 0 saturated heterocycles. The lowest BCUT2D eigenvalue weighted by Crippen LogP contribution is -2.29. The van der Waals surface area contributed by atoms with E-state index < -0.39 is 34.1 Å². The molecule has 1 rings (SSSR count). The summed E-state index contributed by atoms with van der Waals surface area (Å²) in [7, 11) is 1.13. The molecule has 1 aromatic rings. The highest BCUT2D eigenvalue weighted by molar-refractivity contribution is 5.79. The minimum atomic E-state index is -1.43. The minimum Gasteiger partial charge on any atom is -0.467 e. The summed E-state index contributed by atoms with van der Waals surface area (Å²) < 4.78 is 24.4. The quantitative estimate of drug-likeness (QED) is 0.396. The van der Waals surface area contributed by atoms with E-state index in [2.05, 4.69) is 4.74 Å². The van der Waals surface area contributed by atoms with Gasteiger partial charge in [0.2, 0.25) is 0 Å². The number of hydrogen-bond acceptors (Lipinski definition) is 6. The predicted octanol–water partition coefficient (Wildman–Crippen LogP) is 2.65. The number of nitrogens with zero attached hydrogens (tertiary/aromatic N) is 1. The fourth-order valence-electron chi connectivity index (χ4n) is 2.06. The van der Waals surface area contributed by atoms with Crippen LogP contribution in [-0.2, 0) is 14.3 Å². The molecule has 122 valence electrons. The van der Waals surface area contributed by atoms with Gasteiger partial charge in [-0.25, -0.2) is 9.18 Å². The van der Waals surface area contributed by atoms with Gasteiger partial charge in [-0.1, -0.05) is 0 Å². The van der Waals surface area contributed by atoms with Crippen LogP contribution in [-0.4, -0.2) is 23.6 Å². The first-order valence-corrected chi connectivity index (χ1v) is 6.48. The normalized spacial score (nSPS) is 12.8. The van der Waals surface area contributed by atoms with Crippen molar-refractivity contribution >= 4 is 17.3 Å². The summed E-state index contributed by atoms with van der Waals surface area (Å²) in [6.45, 7) is 6.32. The van der Waals surface area contributed by atoms with Crippen LogP contribution in [0, 0.1) is 22.9 Å². The fourth-order valence-corrected chi connectivity index (χ4v) is 2.06. The molecule has 0 heterocycles. The van der Waals surface area contributed by atoms with Crippen LogP contribution >= 0.6 is 0 Å². The topological polar surface area (TPSA) is 105 Å². The number of benzene rings is 1. The summed E-state index contributed by atoms with van der Waals surface area (Å²) in [4.78, 5) is 22.3. The molecule has 1 unspecified atom stereocenters. The number of carbonyl (C=O) groups is 1. The molecule has 0 spiro atoms. The molecular formula is C14H19FN2O5. The fraction of sp³-hybridized carbons (Fsp3) is 0.500. The maximum absolute atomic E-state index is 14.3. The van der Waals surface area contributed by atoms with Crippen LogP contribution in [0.4, 0.5) is 15.8 Å². The smallest absolute Gasteiger partial charge is 0.339 e. The number of nitro benzene ring substituents is 1. The Bertz CT molecular complexity index is 610. The number of carbonyl (C=O) groups excluding carboxylic acids is 1. The Labute approximate surface area is 127 Å². The standard InChI is InChI=1S/C14H19FN2O5/c1-7-10(8(15)6-9(16)11(7)17(19)20)12(13(18)21-5)22-14(2,3)4/h6,12H,16H2,1-5H3. The summed E-state index contributed by atoms with van der Waals surface area (Å²) >= 11 is 0. The maximum atomic E-state index is 14.3. The Morgan fingerprint density at radius 1 is 1.45 bits per heavy atom. The monoisotopic (exact) mass is 314 g/mol. The largest absolute Gasteiger partial charge is 0.467 e. The van der Waals surface area contributed by atoms with Crippen molar-refractivity contribution in [3.05, 3.63) is 33.1 Å². The SMILES string of the molecule is COC(=O)C(OC(C)(C)C)c1c(F)cc(N)c([N+](=O)[O-])c1C. The Morgan fingerprint density at radius 2 is 2.00 bits per heavy atom. The second-order valence-electron chi connectivity index (χ2n) is 5.73. The zero-order valence-electron chi connectivity index (χ0n) is 13.1. The van der Waals surface area contributed by atoms with Crippen molar-refractivity contribution in [3.8, 4) is 0 Å². The van der Waals surface area contributed by atoms with Gasteiger partial charge in [0.15, 0.2) is 6.10 Å². The molecule has 0 aliphatic rings. The molecule has 0 bridgehead atoms. The van der Waals surface area contributed by atoms with Gasteiger partial charge in [0, 0.05) is 17.2 Å². The highest BCUT2D eigenvalue weighted by Gasteiger charge is 2.35. The van der Waals surface area contributed by atoms with E-state index in [9.17, 15) is 19.3 Å². The summed E-state index contributed by atoms with van der Waals surface area (Å²) in [6.07, 6.45) is -1.43. The number of hydrogen-bond donors (Lipinski definition) is 1. The first-order chi connectivity index (χ1) is 9.99. The van der Waals surface area contributed by atoms with E-state index in [-0.39, 0.29) is 16.8 Å². The van der Waals surface area contributed by atoms with Crippen LogP contribution in [0.15, 0.2) is 6.07 Å². The van der Waals surface area contributed by atoms with E-state index in [4.69, 9.17) is 10.5 Å². The second-order valence-corrected chi connectivity index (χ2v) is 5.73. The highest BCUT2D eigenvalue weighted by atomic mass is 19.1. The van der Waals surface area contributed by atoms with Crippen LogP contribution in [0.3, 0.4) is 0 Å². The van der Waals surface area contributed by atoms with Gasteiger partial charge < -0.3 is 15.2 Å². The van der Waals surface area contributed by atoms with Gasteiger partial charge in [0.05, 0.1) is 17.6 Å². The van der Waals surface area contributed by atoms with Crippen molar-refractivity contribution in [1.29, 1.82) is 0 Å². The van der Waals surface area contributed by atoms with Gasteiger partial charge >= 0.3 is 5.97 Å². The lowest BCUT2D eigenvalue weighted by atomic mass is 9.98. The molecule has 7 nitrogen and oxygen atoms in total. The maximum Gasteiger partial charge on any atom is 0.339 e. The van der Waals surface area contributed by atoms with Crippen molar-refractivity contribution in [2.24, 2.45) is 0 Å². The third kappa shape index (κ3) is 3.70. The number of halogens is 1. The predicted molar refractivity (Wildman–Crippen MR) is 77.8 cm³/mol. The number of anilines is 1. The third-order valence-electron chi connectivity index (χ3n) is 2.90. The van der Waals surface area contributed by atoms with Crippen molar-refractivity contribution < 1.29 is 23.6 Å². The van der Waals surface area contributed by atoms with Gasteiger partial charge in [-0.2, -0.15) is 0 Å². The van der Waals surface area contributed by atoms with Gasteiger partial charge in [-0.3, -0.25) is 10.1 Å². The summed E-state index contributed by atoms with van der Waals surface area (Å²) in [5.74, 6) is -1.71. The van der Waals surface area contributed by atoms with E-state index in [1.807, 2.05) is 0 Å². The number of methoxy groups -OCH3 is 1. The number of nitrogen functional groups attached to an aromatic ring is 1. The van der Waals surface area contributed by atoms with E-state index in [1.54, 1.807) is 20.8 Å². The number of rotatable bonds is 4. The lowest BCUT2D eigenvalue weighted by Gasteiger charge is -2.27. The van der Waals surface area contributed by atoms with Crippen LogP contribution in [0.25, 0.3) is 0 Å². The van der Waals surface area contributed by atoms with Crippen LogP contribution in [0.5, 0.6) is 0 Å². The summed E-state index contributed by atoms with van der Waals surface area (Å²) in [5.41, 5.74) is 3.60. The van der Waals surface area contributed by atoms with E-state index >= 15 is 0 Å². The van der Waals surface area contributed by atoms with Crippen LogP contribution < -0.4 is 5.73 Å². The molecule has 0 radical (unpaired) electrons.